The summed E-state index contributed by atoms with van der Waals surface area (Å²) in [5.41, 5.74) is 1.66. The summed E-state index contributed by atoms with van der Waals surface area (Å²) in [6.45, 7) is 14.6. The van der Waals surface area contributed by atoms with Crippen LogP contribution in [0.4, 0.5) is 4.79 Å². The van der Waals surface area contributed by atoms with E-state index >= 15 is 0 Å². The first-order chi connectivity index (χ1) is 16.7. The molecule has 0 spiro atoms. The number of alkyl carbamates (subject to hydrolysis) is 1. The molecule has 0 aliphatic carbocycles. The molecular formula is C26H41N3O6S. The van der Waals surface area contributed by atoms with Gasteiger partial charge in [-0.3, -0.25) is 14.4 Å². The molecule has 1 rings (SSSR count). The lowest BCUT2D eigenvalue weighted by Crippen LogP contribution is -2.56. The van der Waals surface area contributed by atoms with E-state index < -0.39 is 47.6 Å². The molecule has 2 unspecified atom stereocenters. The molecule has 3 amide bonds. The van der Waals surface area contributed by atoms with Crippen LogP contribution in [-0.4, -0.2) is 65.4 Å². The second-order valence-electron chi connectivity index (χ2n) is 9.83. The first-order valence-corrected chi connectivity index (χ1v) is 12.8. The summed E-state index contributed by atoms with van der Waals surface area (Å²) in [6, 6.07) is 3.26. The van der Waals surface area contributed by atoms with Crippen molar-refractivity contribution in [3.8, 4) is 0 Å². The Morgan fingerprint density at radius 2 is 1.75 bits per heavy atom. The molecule has 1 aromatic rings. The molecule has 36 heavy (non-hydrogen) atoms. The number of ether oxygens (including phenoxy) is 2. The van der Waals surface area contributed by atoms with Crippen molar-refractivity contribution in [1.82, 2.24) is 15.5 Å². The number of nitrogens with one attached hydrogen (secondary N) is 2. The van der Waals surface area contributed by atoms with Crippen LogP contribution >= 0.6 is 12.6 Å². The molecule has 2 N–H and O–H groups in total. The lowest BCUT2D eigenvalue weighted by molar-refractivity contribution is -0.145. The zero-order chi connectivity index (χ0) is 27.6. The molecule has 202 valence electrons. The number of rotatable bonds is 11. The van der Waals surface area contributed by atoms with Crippen molar-refractivity contribution in [3.05, 3.63) is 34.9 Å². The van der Waals surface area contributed by atoms with Gasteiger partial charge in [0.2, 0.25) is 11.8 Å². The highest BCUT2D eigenvalue weighted by molar-refractivity contribution is 7.80. The summed E-state index contributed by atoms with van der Waals surface area (Å²) < 4.78 is 10.2. The van der Waals surface area contributed by atoms with Gasteiger partial charge in [-0.1, -0.05) is 23.8 Å². The van der Waals surface area contributed by atoms with Crippen LogP contribution in [0.5, 0.6) is 0 Å². The van der Waals surface area contributed by atoms with Crippen LogP contribution in [0.3, 0.4) is 0 Å². The molecule has 1 aromatic carbocycles. The molecule has 9 nitrogen and oxygen atoms in total. The lowest BCUT2D eigenvalue weighted by Gasteiger charge is -2.37. The highest BCUT2D eigenvalue weighted by atomic mass is 32.1. The third kappa shape index (κ3) is 9.72. The van der Waals surface area contributed by atoms with Crippen LogP contribution in [-0.2, 0) is 23.9 Å². The van der Waals surface area contributed by atoms with Gasteiger partial charge in [0, 0.05) is 18.3 Å². The van der Waals surface area contributed by atoms with Crippen LogP contribution in [0.2, 0.25) is 0 Å². The molecule has 10 heteroatoms. The number of nitrogens with zero attached hydrogens (tertiary/aromatic N) is 1. The number of aryl methyl sites for hydroxylation is 2. The van der Waals surface area contributed by atoms with E-state index in [2.05, 4.69) is 23.3 Å². The molecule has 0 saturated heterocycles. The van der Waals surface area contributed by atoms with Gasteiger partial charge in [-0.2, -0.15) is 12.6 Å². The van der Waals surface area contributed by atoms with E-state index in [9.17, 15) is 19.2 Å². The van der Waals surface area contributed by atoms with Crippen molar-refractivity contribution in [2.75, 3.05) is 18.9 Å². The second-order valence-corrected chi connectivity index (χ2v) is 10.2. The van der Waals surface area contributed by atoms with E-state index in [1.807, 2.05) is 32.0 Å². The number of carbonyl (C=O) groups excluding carboxylic acids is 4. The number of carbonyl (C=O) groups is 4. The molecule has 0 aromatic heterocycles. The second kappa shape index (κ2) is 14.1. The molecule has 0 bridgehead atoms. The SMILES string of the molecule is CCOC(=O)CCNC(=O)C(c1cc(C)ccc1C)N(C(=O)C(CS)NC(=O)OC(C)(C)C)C(C)C. The summed E-state index contributed by atoms with van der Waals surface area (Å²) in [5, 5.41) is 5.35. The number of hydrogen-bond acceptors (Lipinski definition) is 7. The fourth-order valence-corrected chi connectivity index (χ4v) is 3.83. The molecule has 0 saturated carbocycles. The van der Waals surface area contributed by atoms with Crippen LogP contribution < -0.4 is 10.6 Å². The summed E-state index contributed by atoms with van der Waals surface area (Å²) >= 11 is 4.28. The molecule has 0 aliphatic heterocycles. The van der Waals surface area contributed by atoms with Crippen LogP contribution in [0.25, 0.3) is 0 Å². The Morgan fingerprint density at radius 3 is 2.28 bits per heavy atom. The van der Waals surface area contributed by atoms with E-state index in [1.165, 1.54) is 4.90 Å². The van der Waals surface area contributed by atoms with Crippen LogP contribution in [0, 0.1) is 13.8 Å². The topological polar surface area (TPSA) is 114 Å². The van der Waals surface area contributed by atoms with E-state index in [1.54, 1.807) is 41.5 Å². The van der Waals surface area contributed by atoms with Crippen molar-refractivity contribution in [2.24, 2.45) is 0 Å². The highest BCUT2D eigenvalue weighted by Gasteiger charge is 2.38. The minimum atomic E-state index is -1.02. The summed E-state index contributed by atoms with van der Waals surface area (Å²) in [5.74, 6) is -1.33. The number of benzene rings is 1. The molecule has 2 atom stereocenters. The van der Waals surface area contributed by atoms with Gasteiger partial charge in [-0.25, -0.2) is 4.79 Å². The Labute approximate surface area is 220 Å². The Hall–Kier alpha value is -2.75. The minimum absolute atomic E-state index is 0.00525. The third-order valence-electron chi connectivity index (χ3n) is 5.17. The first-order valence-electron chi connectivity index (χ1n) is 12.1. The predicted octanol–water partition coefficient (Wildman–Crippen LogP) is 3.47. The molecule has 0 heterocycles. The fraction of sp³-hybridized carbons (Fsp3) is 0.615. The average molecular weight is 524 g/mol. The smallest absolute Gasteiger partial charge is 0.408 e. The lowest BCUT2D eigenvalue weighted by atomic mass is 9.95. The molecule has 0 radical (unpaired) electrons. The van der Waals surface area contributed by atoms with Gasteiger partial charge in [-0.05, 0) is 66.5 Å². The average Bonchev–Trinajstić information content (AvgIpc) is 2.75. The Bertz CT molecular complexity index is 929. The predicted molar refractivity (Wildman–Crippen MR) is 142 cm³/mol. The van der Waals surface area contributed by atoms with Crippen molar-refractivity contribution >= 4 is 36.5 Å². The number of esters is 1. The minimum Gasteiger partial charge on any atom is -0.466 e. The quantitative estimate of drug-likeness (QED) is 0.302. The number of amides is 3. The normalized spacial score (nSPS) is 12.9. The van der Waals surface area contributed by atoms with Gasteiger partial charge in [0.1, 0.15) is 17.7 Å². The van der Waals surface area contributed by atoms with Crippen molar-refractivity contribution < 1.29 is 28.7 Å². The number of hydrogen-bond donors (Lipinski definition) is 3. The maximum absolute atomic E-state index is 13.8. The van der Waals surface area contributed by atoms with Crippen LogP contribution in [0.15, 0.2) is 18.2 Å². The van der Waals surface area contributed by atoms with Crippen molar-refractivity contribution in [2.45, 2.75) is 85.5 Å². The maximum atomic E-state index is 13.8. The Balaban J connectivity index is 3.36. The van der Waals surface area contributed by atoms with Crippen LogP contribution in [0.1, 0.15) is 70.7 Å². The molecule has 0 fully saturated rings. The maximum Gasteiger partial charge on any atom is 0.408 e. The fourth-order valence-electron chi connectivity index (χ4n) is 3.58. The van der Waals surface area contributed by atoms with Gasteiger partial charge < -0.3 is 25.0 Å². The van der Waals surface area contributed by atoms with Crippen molar-refractivity contribution in [1.29, 1.82) is 0 Å². The zero-order valence-corrected chi connectivity index (χ0v) is 23.5. The standard InChI is InChI=1S/C26H41N3O6S/c1-9-34-21(30)12-13-27-23(31)22(19-14-17(4)10-11-18(19)5)29(16(2)3)24(32)20(15-36)28-25(33)35-26(6,7)8/h10-11,14,16,20,22,36H,9,12-13,15H2,1-8H3,(H,27,31)(H,28,33). The van der Waals surface area contributed by atoms with Gasteiger partial charge in [0.05, 0.1) is 13.0 Å². The van der Waals surface area contributed by atoms with E-state index in [0.717, 1.165) is 11.1 Å². The molecular weight excluding hydrogens is 482 g/mol. The van der Waals surface area contributed by atoms with Crippen molar-refractivity contribution in [3.63, 3.8) is 0 Å². The molecule has 0 aliphatic rings. The highest BCUT2D eigenvalue weighted by Crippen LogP contribution is 2.28. The number of thiol groups is 1. The van der Waals surface area contributed by atoms with E-state index in [0.29, 0.717) is 5.56 Å². The van der Waals surface area contributed by atoms with E-state index in [-0.39, 0.29) is 25.3 Å². The monoisotopic (exact) mass is 523 g/mol. The zero-order valence-electron chi connectivity index (χ0n) is 22.6. The first kappa shape index (κ1) is 31.3. The summed E-state index contributed by atoms with van der Waals surface area (Å²) in [6.07, 6.45) is -0.741. The Kier molecular flexibility index (Phi) is 12.3. The third-order valence-corrected chi connectivity index (χ3v) is 5.54. The largest absolute Gasteiger partial charge is 0.466 e. The summed E-state index contributed by atoms with van der Waals surface area (Å²) in [7, 11) is 0. The van der Waals surface area contributed by atoms with Gasteiger partial charge in [0.15, 0.2) is 0 Å². The Morgan fingerprint density at radius 1 is 1.11 bits per heavy atom. The van der Waals surface area contributed by atoms with Gasteiger partial charge in [0.25, 0.3) is 0 Å². The van der Waals surface area contributed by atoms with Gasteiger partial charge >= 0.3 is 12.1 Å². The van der Waals surface area contributed by atoms with Gasteiger partial charge in [-0.15, -0.1) is 0 Å². The van der Waals surface area contributed by atoms with E-state index in [4.69, 9.17) is 9.47 Å². The summed E-state index contributed by atoms with van der Waals surface area (Å²) in [4.78, 5) is 52.9.